The average molecular weight is 132 g/mol. The highest BCUT2D eigenvalue weighted by Crippen LogP contribution is 2.25. The Kier molecular flexibility index (Phi) is 1.19. The van der Waals surface area contributed by atoms with Crippen LogP contribution in [0.3, 0.4) is 0 Å². The highest BCUT2D eigenvalue weighted by atomic mass is 17.0. The number of ether oxygens (including phenoxy) is 4. The number of rotatable bonds is 0. The molecule has 1 spiro atoms. The van der Waals surface area contributed by atoms with E-state index in [2.05, 4.69) is 0 Å². The van der Waals surface area contributed by atoms with Gasteiger partial charge in [0.05, 0.1) is 26.4 Å². The van der Waals surface area contributed by atoms with E-state index in [4.69, 9.17) is 18.9 Å². The minimum absolute atomic E-state index is 0.556. The average Bonchev–Trinajstić information content (AvgIpc) is 2.45. The maximum absolute atomic E-state index is 5.03. The molecule has 2 aliphatic heterocycles. The Labute approximate surface area is 52.6 Å². The van der Waals surface area contributed by atoms with E-state index in [0.29, 0.717) is 26.4 Å². The molecule has 0 aromatic carbocycles. The Bertz CT molecular complexity index is 84.0. The Morgan fingerprint density at radius 3 is 1.33 bits per heavy atom. The van der Waals surface area contributed by atoms with Crippen molar-refractivity contribution < 1.29 is 18.9 Å². The number of hydrogen-bond donors (Lipinski definition) is 0. The lowest BCUT2D eigenvalue weighted by Gasteiger charge is -2.16. The third-order valence-electron chi connectivity index (χ3n) is 1.28. The molecule has 2 aliphatic rings. The third-order valence-corrected chi connectivity index (χ3v) is 1.28. The van der Waals surface area contributed by atoms with E-state index in [1.54, 1.807) is 0 Å². The Hall–Kier alpha value is -0.160. The molecule has 4 nitrogen and oxygen atoms in total. The molecule has 0 bridgehead atoms. The third kappa shape index (κ3) is 0.840. The van der Waals surface area contributed by atoms with Crippen LogP contribution in [0.4, 0.5) is 0 Å². The SMILES string of the molecule is C1COC2(O1)OCCO2. The monoisotopic (exact) mass is 132 g/mol. The standard InChI is InChI=1S/C5H8O4/c1-2-7-5(6-1)8-3-4-9-5/h1-4H2. The summed E-state index contributed by atoms with van der Waals surface area (Å²) in [6.07, 6.45) is -1.11. The van der Waals surface area contributed by atoms with Gasteiger partial charge < -0.3 is 18.9 Å². The van der Waals surface area contributed by atoms with E-state index in [1.165, 1.54) is 0 Å². The molecular weight excluding hydrogens is 124 g/mol. The molecule has 0 aromatic heterocycles. The summed E-state index contributed by atoms with van der Waals surface area (Å²) in [5.41, 5.74) is 0. The summed E-state index contributed by atoms with van der Waals surface area (Å²) in [4.78, 5) is 0. The molecular formula is C5H8O4. The van der Waals surface area contributed by atoms with E-state index < -0.39 is 6.16 Å². The van der Waals surface area contributed by atoms with Crippen LogP contribution in [-0.2, 0) is 18.9 Å². The molecule has 0 N–H and O–H groups in total. The molecule has 0 atom stereocenters. The fourth-order valence-corrected chi connectivity index (χ4v) is 0.917. The zero-order valence-electron chi connectivity index (χ0n) is 4.96. The minimum atomic E-state index is -1.11. The summed E-state index contributed by atoms with van der Waals surface area (Å²) in [6, 6.07) is 0. The lowest BCUT2D eigenvalue weighted by atomic mass is 10.8. The first kappa shape index (κ1) is 5.61. The second-order valence-corrected chi connectivity index (χ2v) is 1.89. The molecule has 0 unspecified atom stereocenters. The molecule has 0 aliphatic carbocycles. The predicted octanol–water partition coefficient (Wildman–Crippen LogP) is -0.309. The highest BCUT2D eigenvalue weighted by Gasteiger charge is 2.43. The number of hydrogen-bond acceptors (Lipinski definition) is 4. The van der Waals surface area contributed by atoms with Crippen LogP contribution in [0.1, 0.15) is 0 Å². The van der Waals surface area contributed by atoms with Crippen molar-refractivity contribution >= 4 is 0 Å². The summed E-state index contributed by atoms with van der Waals surface area (Å²) in [5.74, 6) is 0. The Balaban J connectivity index is 2.04. The van der Waals surface area contributed by atoms with Crippen molar-refractivity contribution in [1.29, 1.82) is 0 Å². The molecule has 2 rings (SSSR count). The summed E-state index contributed by atoms with van der Waals surface area (Å²) >= 11 is 0. The van der Waals surface area contributed by atoms with Crippen LogP contribution in [0, 0.1) is 0 Å². The normalized spacial score (nSPS) is 32.0. The molecule has 0 saturated carbocycles. The summed E-state index contributed by atoms with van der Waals surface area (Å²) in [5, 5.41) is 0. The predicted molar refractivity (Wildman–Crippen MR) is 26.5 cm³/mol. The van der Waals surface area contributed by atoms with E-state index >= 15 is 0 Å². The van der Waals surface area contributed by atoms with Crippen LogP contribution in [0.25, 0.3) is 0 Å². The fourth-order valence-electron chi connectivity index (χ4n) is 0.917. The summed E-state index contributed by atoms with van der Waals surface area (Å²) in [7, 11) is 0. The summed E-state index contributed by atoms with van der Waals surface area (Å²) in [6.45, 7) is 2.22. The van der Waals surface area contributed by atoms with Crippen LogP contribution in [-0.4, -0.2) is 32.6 Å². The molecule has 0 radical (unpaired) electrons. The highest BCUT2D eigenvalue weighted by molar-refractivity contribution is 4.55. The second-order valence-electron chi connectivity index (χ2n) is 1.89. The first-order chi connectivity index (χ1) is 4.41. The zero-order valence-corrected chi connectivity index (χ0v) is 4.96. The maximum atomic E-state index is 5.03. The topological polar surface area (TPSA) is 36.9 Å². The molecule has 4 heteroatoms. The van der Waals surface area contributed by atoms with Gasteiger partial charge in [0, 0.05) is 0 Å². The van der Waals surface area contributed by atoms with Crippen LogP contribution in [0.2, 0.25) is 0 Å². The lowest BCUT2D eigenvalue weighted by molar-refractivity contribution is -0.421. The van der Waals surface area contributed by atoms with Crippen LogP contribution in [0.5, 0.6) is 0 Å². The van der Waals surface area contributed by atoms with Gasteiger partial charge in [0.15, 0.2) is 0 Å². The molecule has 2 saturated heterocycles. The van der Waals surface area contributed by atoms with Gasteiger partial charge in [-0.15, -0.1) is 0 Å². The van der Waals surface area contributed by atoms with E-state index in [-0.39, 0.29) is 0 Å². The zero-order chi connectivity index (χ0) is 6.16. The Morgan fingerprint density at radius 1 is 0.667 bits per heavy atom. The van der Waals surface area contributed by atoms with E-state index in [9.17, 15) is 0 Å². The molecule has 0 amide bonds. The maximum Gasteiger partial charge on any atom is 0.413 e. The van der Waals surface area contributed by atoms with E-state index in [1.807, 2.05) is 0 Å². The molecule has 9 heavy (non-hydrogen) atoms. The van der Waals surface area contributed by atoms with Crippen molar-refractivity contribution in [1.82, 2.24) is 0 Å². The molecule has 52 valence electrons. The van der Waals surface area contributed by atoms with Crippen molar-refractivity contribution in [3.05, 3.63) is 0 Å². The largest absolute Gasteiger partial charge is 0.413 e. The van der Waals surface area contributed by atoms with Gasteiger partial charge in [-0.25, -0.2) is 0 Å². The van der Waals surface area contributed by atoms with Gasteiger partial charge in [-0.05, 0) is 0 Å². The van der Waals surface area contributed by atoms with Gasteiger partial charge in [0.1, 0.15) is 0 Å². The van der Waals surface area contributed by atoms with Crippen molar-refractivity contribution in [2.24, 2.45) is 0 Å². The van der Waals surface area contributed by atoms with Crippen molar-refractivity contribution in [2.45, 2.75) is 6.16 Å². The van der Waals surface area contributed by atoms with Gasteiger partial charge in [-0.2, -0.15) is 0 Å². The van der Waals surface area contributed by atoms with Crippen molar-refractivity contribution in [3.63, 3.8) is 0 Å². The molecule has 0 aromatic rings. The van der Waals surface area contributed by atoms with Crippen molar-refractivity contribution in [3.8, 4) is 0 Å². The van der Waals surface area contributed by atoms with Gasteiger partial charge in [0.25, 0.3) is 0 Å². The quantitative estimate of drug-likeness (QED) is 0.453. The van der Waals surface area contributed by atoms with Crippen molar-refractivity contribution in [2.75, 3.05) is 26.4 Å². The molecule has 2 fully saturated rings. The van der Waals surface area contributed by atoms with Crippen LogP contribution >= 0.6 is 0 Å². The minimum Gasteiger partial charge on any atom is -0.301 e. The van der Waals surface area contributed by atoms with Crippen LogP contribution < -0.4 is 0 Å². The van der Waals surface area contributed by atoms with Gasteiger partial charge in [0.2, 0.25) is 0 Å². The Morgan fingerprint density at radius 2 is 1.00 bits per heavy atom. The molecule has 2 heterocycles. The second kappa shape index (κ2) is 1.91. The first-order valence-corrected chi connectivity index (χ1v) is 2.97. The van der Waals surface area contributed by atoms with Gasteiger partial charge in [-0.1, -0.05) is 0 Å². The summed E-state index contributed by atoms with van der Waals surface area (Å²) < 4.78 is 20.1. The first-order valence-electron chi connectivity index (χ1n) is 2.97. The van der Waals surface area contributed by atoms with E-state index in [0.717, 1.165) is 0 Å². The lowest BCUT2D eigenvalue weighted by Crippen LogP contribution is -2.30. The smallest absolute Gasteiger partial charge is 0.301 e. The van der Waals surface area contributed by atoms with Gasteiger partial charge in [-0.3, -0.25) is 0 Å². The van der Waals surface area contributed by atoms with Crippen LogP contribution in [0.15, 0.2) is 0 Å². The fraction of sp³-hybridized carbons (Fsp3) is 1.00. The van der Waals surface area contributed by atoms with Gasteiger partial charge >= 0.3 is 6.16 Å².